The Balaban J connectivity index is 1.86. The van der Waals surface area contributed by atoms with Crippen LogP contribution in [0.4, 0.5) is 5.69 Å². The molecule has 132 valence electrons. The molecule has 1 heterocycles. The average Bonchev–Trinajstić information content (AvgIpc) is 2.66. The van der Waals surface area contributed by atoms with E-state index in [4.69, 9.17) is 0 Å². The summed E-state index contributed by atoms with van der Waals surface area (Å²) in [4.78, 5) is 36.3. The average molecular weight is 359 g/mol. The van der Waals surface area contributed by atoms with Crippen molar-refractivity contribution in [3.05, 3.63) is 87.0 Å². The van der Waals surface area contributed by atoms with Crippen LogP contribution >= 0.6 is 0 Å². The molecular formula is C20H13N3O4. The Morgan fingerprint density at radius 3 is 2.48 bits per heavy atom. The van der Waals surface area contributed by atoms with Crippen molar-refractivity contribution in [2.75, 3.05) is 0 Å². The summed E-state index contributed by atoms with van der Waals surface area (Å²) in [5, 5.41) is 16.9. The molecule has 0 saturated carbocycles. The van der Waals surface area contributed by atoms with Gasteiger partial charge in [-0.25, -0.2) is 0 Å². The van der Waals surface area contributed by atoms with Crippen LogP contribution in [0.2, 0.25) is 0 Å². The molecule has 0 N–H and O–H groups in total. The Morgan fingerprint density at radius 1 is 1.00 bits per heavy atom. The molecule has 0 spiro atoms. The first-order chi connectivity index (χ1) is 13.0. The molecule has 7 nitrogen and oxygen atoms in total. The van der Waals surface area contributed by atoms with Crippen LogP contribution < -0.4 is 0 Å². The lowest BCUT2D eigenvalue weighted by Crippen LogP contribution is -2.36. The van der Waals surface area contributed by atoms with E-state index in [9.17, 15) is 19.7 Å². The van der Waals surface area contributed by atoms with Crippen molar-refractivity contribution in [3.63, 3.8) is 0 Å². The fourth-order valence-electron chi connectivity index (χ4n) is 3.14. The molecule has 0 unspecified atom stereocenters. The summed E-state index contributed by atoms with van der Waals surface area (Å²) in [6.07, 6.45) is 1.44. The quantitative estimate of drug-likeness (QED) is 0.308. The lowest BCUT2D eigenvalue weighted by atomic mass is 9.94. The maximum absolute atomic E-state index is 12.9. The molecule has 0 atom stereocenters. The van der Waals surface area contributed by atoms with E-state index < -0.39 is 16.7 Å². The lowest BCUT2D eigenvalue weighted by Gasteiger charge is -2.23. The number of hydrazone groups is 1. The Bertz CT molecular complexity index is 1170. The van der Waals surface area contributed by atoms with Gasteiger partial charge in [-0.1, -0.05) is 36.4 Å². The van der Waals surface area contributed by atoms with Gasteiger partial charge in [0.05, 0.1) is 22.3 Å². The molecule has 3 aromatic rings. The van der Waals surface area contributed by atoms with E-state index >= 15 is 0 Å². The summed E-state index contributed by atoms with van der Waals surface area (Å²) in [5.41, 5.74) is 1.88. The SMILES string of the molecule is Cc1ccccc1/C=N/N1C(=O)c2cccc3cc([N+](=O)[O-])cc(c23)C1=O. The van der Waals surface area contributed by atoms with Gasteiger partial charge < -0.3 is 0 Å². The Kier molecular flexibility index (Phi) is 3.77. The van der Waals surface area contributed by atoms with E-state index in [0.29, 0.717) is 16.3 Å². The van der Waals surface area contributed by atoms with Gasteiger partial charge in [0.2, 0.25) is 0 Å². The monoisotopic (exact) mass is 359 g/mol. The number of rotatable bonds is 3. The van der Waals surface area contributed by atoms with Crippen molar-refractivity contribution < 1.29 is 14.5 Å². The number of hydrogen-bond donors (Lipinski definition) is 0. The molecule has 27 heavy (non-hydrogen) atoms. The predicted molar refractivity (Wildman–Crippen MR) is 99.9 cm³/mol. The van der Waals surface area contributed by atoms with Crippen molar-refractivity contribution in [2.45, 2.75) is 6.92 Å². The Hall–Kier alpha value is -3.87. The zero-order valence-electron chi connectivity index (χ0n) is 14.2. The molecule has 3 aromatic carbocycles. The number of non-ortho nitro benzene ring substituents is 1. The van der Waals surface area contributed by atoms with Crippen LogP contribution in [-0.4, -0.2) is 28.0 Å². The van der Waals surface area contributed by atoms with Gasteiger partial charge >= 0.3 is 0 Å². The second-order valence-corrected chi connectivity index (χ2v) is 6.18. The van der Waals surface area contributed by atoms with Crippen molar-refractivity contribution in [1.29, 1.82) is 0 Å². The number of benzene rings is 3. The molecule has 2 amide bonds. The number of carbonyl (C=O) groups is 2. The molecule has 0 bridgehead atoms. The first-order valence-electron chi connectivity index (χ1n) is 8.17. The zero-order valence-corrected chi connectivity index (χ0v) is 14.2. The molecule has 0 aliphatic carbocycles. The molecule has 0 fully saturated rings. The summed E-state index contributed by atoms with van der Waals surface area (Å²) in [6, 6.07) is 14.8. The number of carbonyl (C=O) groups excluding carboxylic acids is 2. The standard InChI is InChI=1S/C20H13N3O4/c1-12-5-2-3-6-14(12)11-21-22-19(24)16-8-4-7-13-9-15(23(26)27)10-17(18(13)16)20(22)25/h2-11H,1H3/b21-11+. The van der Waals surface area contributed by atoms with Crippen LogP contribution in [0.3, 0.4) is 0 Å². The van der Waals surface area contributed by atoms with Crippen molar-refractivity contribution >= 4 is 34.5 Å². The third-order valence-electron chi connectivity index (χ3n) is 4.52. The normalized spacial score (nSPS) is 13.6. The second kappa shape index (κ2) is 6.14. The van der Waals surface area contributed by atoms with Crippen LogP contribution in [0, 0.1) is 17.0 Å². The summed E-state index contributed by atoms with van der Waals surface area (Å²) in [6.45, 7) is 1.89. The molecule has 0 saturated heterocycles. The largest absolute Gasteiger partial charge is 0.282 e. The molecule has 4 rings (SSSR count). The third kappa shape index (κ3) is 2.65. The van der Waals surface area contributed by atoms with Gasteiger partial charge in [0, 0.05) is 17.5 Å². The second-order valence-electron chi connectivity index (χ2n) is 6.18. The van der Waals surface area contributed by atoms with Gasteiger partial charge in [-0.05, 0) is 29.5 Å². The van der Waals surface area contributed by atoms with Crippen LogP contribution in [0.5, 0.6) is 0 Å². The summed E-state index contributed by atoms with van der Waals surface area (Å²) >= 11 is 0. The minimum atomic E-state index is -0.683. The summed E-state index contributed by atoms with van der Waals surface area (Å²) in [5.74, 6) is -1.24. The van der Waals surface area contributed by atoms with Crippen LogP contribution in [0.15, 0.2) is 59.7 Å². The lowest BCUT2D eigenvalue weighted by molar-refractivity contribution is -0.384. The summed E-state index contributed by atoms with van der Waals surface area (Å²) < 4.78 is 0. The minimum absolute atomic E-state index is 0.0938. The fraction of sp³-hybridized carbons (Fsp3) is 0.0500. The minimum Gasteiger partial charge on any atom is -0.267 e. The van der Waals surface area contributed by atoms with E-state index in [0.717, 1.165) is 16.1 Å². The third-order valence-corrected chi connectivity index (χ3v) is 4.52. The molecule has 1 aliphatic heterocycles. The van der Waals surface area contributed by atoms with Gasteiger partial charge in [0.1, 0.15) is 0 Å². The van der Waals surface area contributed by atoms with Crippen molar-refractivity contribution in [2.24, 2.45) is 5.10 Å². The number of nitro groups is 1. The van der Waals surface area contributed by atoms with E-state index in [1.807, 2.05) is 31.2 Å². The van der Waals surface area contributed by atoms with Gasteiger partial charge in [0.25, 0.3) is 17.5 Å². The number of amides is 2. The maximum Gasteiger partial charge on any atom is 0.282 e. The van der Waals surface area contributed by atoms with E-state index in [1.54, 1.807) is 18.2 Å². The maximum atomic E-state index is 12.9. The van der Waals surface area contributed by atoms with Crippen molar-refractivity contribution in [3.8, 4) is 0 Å². The fourth-order valence-corrected chi connectivity index (χ4v) is 3.14. The van der Waals surface area contributed by atoms with Crippen molar-refractivity contribution in [1.82, 2.24) is 5.01 Å². The first-order valence-corrected chi connectivity index (χ1v) is 8.17. The highest BCUT2D eigenvalue weighted by Crippen LogP contribution is 2.33. The van der Waals surface area contributed by atoms with Crippen LogP contribution in [0.1, 0.15) is 31.8 Å². The Labute approximate surface area is 153 Å². The van der Waals surface area contributed by atoms with Gasteiger partial charge in [-0.15, -0.1) is 0 Å². The smallest absolute Gasteiger partial charge is 0.267 e. The number of nitrogens with zero attached hydrogens (tertiary/aromatic N) is 3. The van der Waals surface area contributed by atoms with Gasteiger partial charge in [-0.2, -0.15) is 10.1 Å². The van der Waals surface area contributed by atoms with Gasteiger partial charge in [-0.3, -0.25) is 19.7 Å². The number of imide groups is 1. The molecule has 0 radical (unpaired) electrons. The van der Waals surface area contributed by atoms with E-state index in [2.05, 4.69) is 5.10 Å². The van der Waals surface area contributed by atoms with E-state index in [-0.39, 0.29) is 11.3 Å². The zero-order chi connectivity index (χ0) is 19.1. The topological polar surface area (TPSA) is 92.9 Å². The molecule has 0 aromatic heterocycles. The first kappa shape index (κ1) is 16.6. The highest BCUT2D eigenvalue weighted by molar-refractivity contribution is 6.25. The van der Waals surface area contributed by atoms with E-state index in [1.165, 1.54) is 18.3 Å². The summed E-state index contributed by atoms with van der Waals surface area (Å²) in [7, 11) is 0. The van der Waals surface area contributed by atoms with Crippen LogP contribution in [-0.2, 0) is 0 Å². The van der Waals surface area contributed by atoms with Gasteiger partial charge in [0.15, 0.2) is 0 Å². The Morgan fingerprint density at radius 2 is 1.74 bits per heavy atom. The number of aryl methyl sites for hydroxylation is 1. The molecular weight excluding hydrogens is 346 g/mol. The number of nitro benzene ring substituents is 1. The molecule has 7 heteroatoms. The number of hydrogen-bond acceptors (Lipinski definition) is 5. The van der Waals surface area contributed by atoms with Crippen LogP contribution in [0.25, 0.3) is 10.8 Å². The predicted octanol–water partition coefficient (Wildman–Crippen LogP) is 3.69. The molecule has 1 aliphatic rings. The highest BCUT2D eigenvalue weighted by Gasteiger charge is 2.34. The highest BCUT2D eigenvalue weighted by atomic mass is 16.6.